The molecule has 4 rings (SSSR count). The number of piperazine rings is 1. The van der Waals surface area contributed by atoms with Crippen LogP contribution in [0.5, 0.6) is 5.75 Å². The molecule has 188 valence electrons. The van der Waals surface area contributed by atoms with Gasteiger partial charge >= 0.3 is 6.03 Å². The zero-order chi connectivity index (χ0) is 25.3. The Morgan fingerprint density at radius 3 is 2.31 bits per heavy atom. The second-order valence-electron chi connectivity index (χ2n) is 9.04. The van der Waals surface area contributed by atoms with Gasteiger partial charge in [-0.1, -0.05) is 36.4 Å². The van der Waals surface area contributed by atoms with E-state index in [0.717, 1.165) is 42.9 Å². The number of carbonyl (C=O) groups is 2. The van der Waals surface area contributed by atoms with Crippen molar-refractivity contribution < 1.29 is 14.3 Å². The molecule has 3 amide bonds. The predicted molar refractivity (Wildman–Crippen MR) is 145 cm³/mol. The van der Waals surface area contributed by atoms with Crippen molar-refractivity contribution in [3.8, 4) is 5.75 Å². The van der Waals surface area contributed by atoms with Crippen molar-refractivity contribution in [2.75, 3.05) is 48.8 Å². The highest BCUT2D eigenvalue weighted by Gasteiger charge is 2.22. The highest BCUT2D eigenvalue weighted by molar-refractivity contribution is 5.92. The van der Waals surface area contributed by atoms with Crippen molar-refractivity contribution in [3.63, 3.8) is 0 Å². The molecular weight excluding hydrogens is 452 g/mol. The summed E-state index contributed by atoms with van der Waals surface area (Å²) in [4.78, 5) is 29.2. The van der Waals surface area contributed by atoms with E-state index in [1.54, 1.807) is 7.11 Å². The zero-order valence-electron chi connectivity index (χ0n) is 21.0. The number of carbonyl (C=O) groups excluding carboxylic acids is 2. The van der Waals surface area contributed by atoms with Gasteiger partial charge in [-0.3, -0.25) is 4.79 Å². The summed E-state index contributed by atoms with van der Waals surface area (Å²) < 4.78 is 5.37. The summed E-state index contributed by atoms with van der Waals surface area (Å²) in [6.45, 7) is 4.71. The minimum absolute atomic E-state index is 0.0311. The number of nitrogens with zero attached hydrogens (tertiary/aromatic N) is 2. The molecular formula is C29H34N4O3. The lowest BCUT2D eigenvalue weighted by Gasteiger charge is -2.36. The lowest BCUT2D eigenvalue weighted by atomic mass is 10.1. The Morgan fingerprint density at radius 1 is 0.889 bits per heavy atom. The minimum atomic E-state index is -0.121. The van der Waals surface area contributed by atoms with Crippen LogP contribution in [0.3, 0.4) is 0 Å². The Balaban J connectivity index is 1.22. The van der Waals surface area contributed by atoms with Crippen LogP contribution in [0.15, 0.2) is 72.8 Å². The van der Waals surface area contributed by atoms with Crippen LogP contribution in [-0.2, 0) is 11.2 Å². The van der Waals surface area contributed by atoms with Crippen molar-refractivity contribution in [1.82, 2.24) is 4.90 Å². The maximum absolute atomic E-state index is 12.8. The van der Waals surface area contributed by atoms with E-state index in [2.05, 4.69) is 27.7 Å². The average Bonchev–Trinajstić information content (AvgIpc) is 2.90. The Morgan fingerprint density at radius 2 is 1.61 bits per heavy atom. The maximum Gasteiger partial charge on any atom is 0.322 e. The van der Waals surface area contributed by atoms with E-state index < -0.39 is 0 Å². The van der Waals surface area contributed by atoms with Gasteiger partial charge in [0.2, 0.25) is 5.91 Å². The molecule has 0 aliphatic carbocycles. The van der Waals surface area contributed by atoms with Gasteiger partial charge in [0.25, 0.3) is 0 Å². The molecule has 0 bridgehead atoms. The van der Waals surface area contributed by atoms with Gasteiger partial charge in [-0.25, -0.2) is 4.79 Å². The van der Waals surface area contributed by atoms with Gasteiger partial charge in [0.1, 0.15) is 5.75 Å². The number of benzene rings is 3. The van der Waals surface area contributed by atoms with Crippen molar-refractivity contribution in [2.24, 2.45) is 0 Å². The molecule has 1 saturated heterocycles. The molecule has 3 aromatic rings. The number of aryl methyl sites for hydroxylation is 2. The smallest absolute Gasteiger partial charge is 0.322 e. The standard InChI is InChI=1S/C29H34N4O3/c1-22-11-16-27(36-2)26(21-22)31-29(35)33-19-17-32(18-20-33)25-14-12-24(13-15-25)30-28(34)10-6-9-23-7-4-3-5-8-23/h3-5,7-8,11-16,21H,6,9-10,17-20H2,1-2H3,(H,30,34)(H,31,35). The van der Waals surface area contributed by atoms with Gasteiger partial charge < -0.3 is 25.2 Å². The molecule has 1 fully saturated rings. The summed E-state index contributed by atoms with van der Waals surface area (Å²) in [6, 6.07) is 23.7. The summed E-state index contributed by atoms with van der Waals surface area (Å²) in [7, 11) is 1.60. The first-order valence-electron chi connectivity index (χ1n) is 12.4. The molecule has 0 radical (unpaired) electrons. The van der Waals surface area contributed by atoms with E-state index in [9.17, 15) is 9.59 Å². The van der Waals surface area contributed by atoms with Gasteiger partial charge in [-0.2, -0.15) is 0 Å². The Hall–Kier alpha value is -4.00. The summed E-state index contributed by atoms with van der Waals surface area (Å²) in [5.74, 6) is 0.680. The molecule has 0 atom stereocenters. The van der Waals surface area contributed by atoms with E-state index in [1.165, 1.54) is 5.56 Å². The quantitative estimate of drug-likeness (QED) is 0.452. The zero-order valence-corrected chi connectivity index (χ0v) is 21.0. The van der Waals surface area contributed by atoms with Crippen molar-refractivity contribution >= 4 is 29.0 Å². The first-order chi connectivity index (χ1) is 17.5. The van der Waals surface area contributed by atoms with Gasteiger partial charge in [0.05, 0.1) is 12.8 Å². The van der Waals surface area contributed by atoms with Gasteiger partial charge in [-0.05, 0) is 67.3 Å². The van der Waals surface area contributed by atoms with Crippen LogP contribution in [0, 0.1) is 6.92 Å². The summed E-state index contributed by atoms with van der Waals surface area (Å²) >= 11 is 0. The second-order valence-corrected chi connectivity index (χ2v) is 9.04. The third kappa shape index (κ3) is 6.78. The molecule has 0 aromatic heterocycles. The minimum Gasteiger partial charge on any atom is -0.495 e. The number of urea groups is 1. The monoisotopic (exact) mass is 486 g/mol. The summed E-state index contributed by atoms with van der Waals surface area (Å²) in [5.41, 5.74) is 4.87. The third-order valence-corrected chi connectivity index (χ3v) is 6.39. The van der Waals surface area contributed by atoms with Gasteiger partial charge in [0.15, 0.2) is 0 Å². The molecule has 0 spiro atoms. The third-order valence-electron chi connectivity index (χ3n) is 6.39. The molecule has 7 nitrogen and oxygen atoms in total. The van der Waals surface area contributed by atoms with Crippen LogP contribution in [-0.4, -0.2) is 50.1 Å². The van der Waals surface area contributed by atoms with Gasteiger partial charge in [-0.15, -0.1) is 0 Å². The summed E-state index contributed by atoms with van der Waals surface area (Å²) in [6.07, 6.45) is 2.22. The van der Waals surface area contributed by atoms with Gasteiger partial charge in [0, 0.05) is 44.0 Å². The number of hydrogen-bond acceptors (Lipinski definition) is 4. The number of methoxy groups -OCH3 is 1. The largest absolute Gasteiger partial charge is 0.495 e. The lowest BCUT2D eigenvalue weighted by molar-refractivity contribution is -0.116. The number of hydrogen-bond donors (Lipinski definition) is 2. The molecule has 36 heavy (non-hydrogen) atoms. The number of anilines is 3. The van der Waals surface area contributed by atoms with Crippen LogP contribution < -0.4 is 20.3 Å². The average molecular weight is 487 g/mol. The van der Waals surface area contributed by atoms with Crippen LogP contribution in [0.4, 0.5) is 21.9 Å². The van der Waals surface area contributed by atoms with E-state index in [0.29, 0.717) is 30.9 Å². The molecule has 0 saturated carbocycles. The molecule has 0 unspecified atom stereocenters. The van der Waals surface area contributed by atoms with Crippen LogP contribution in [0.2, 0.25) is 0 Å². The molecule has 1 heterocycles. The summed E-state index contributed by atoms with van der Waals surface area (Å²) in [5, 5.41) is 5.97. The first-order valence-corrected chi connectivity index (χ1v) is 12.4. The fraction of sp³-hybridized carbons (Fsp3) is 0.310. The van der Waals surface area contributed by atoms with Crippen LogP contribution in [0.25, 0.3) is 0 Å². The highest BCUT2D eigenvalue weighted by Crippen LogP contribution is 2.26. The van der Waals surface area contributed by atoms with E-state index in [4.69, 9.17) is 4.74 Å². The molecule has 2 N–H and O–H groups in total. The molecule has 3 aromatic carbocycles. The SMILES string of the molecule is COc1ccc(C)cc1NC(=O)N1CCN(c2ccc(NC(=O)CCCc3ccccc3)cc2)CC1. The number of nitrogens with one attached hydrogen (secondary N) is 2. The predicted octanol–water partition coefficient (Wildman–Crippen LogP) is 5.32. The first kappa shape index (κ1) is 25.1. The molecule has 1 aliphatic rings. The fourth-order valence-corrected chi connectivity index (χ4v) is 4.36. The molecule has 7 heteroatoms. The van der Waals surface area contributed by atoms with Crippen LogP contribution >= 0.6 is 0 Å². The van der Waals surface area contributed by atoms with Crippen molar-refractivity contribution in [1.29, 1.82) is 0 Å². The topological polar surface area (TPSA) is 73.9 Å². The fourth-order valence-electron chi connectivity index (χ4n) is 4.36. The second kappa shape index (κ2) is 12.1. The number of ether oxygens (including phenoxy) is 1. The molecule has 1 aliphatic heterocycles. The van der Waals surface area contributed by atoms with E-state index >= 15 is 0 Å². The Labute approximate surface area is 213 Å². The highest BCUT2D eigenvalue weighted by atomic mass is 16.5. The van der Waals surface area contributed by atoms with E-state index in [-0.39, 0.29) is 11.9 Å². The lowest BCUT2D eigenvalue weighted by Crippen LogP contribution is -2.50. The van der Waals surface area contributed by atoms with Crippen molar-refractivity contribution in [2.45, 2.75) is 26.2 Å². The Kier molecular flexibility index (Phi) is 8.44. The van der Waals surface area contributed by atoms with E-state index in [1.807, 2.05) is 72.5 Å². The maximum atomic E-state index is 12.8. The van der Waals surface area contributed by atoms with Crippen molar-refractivity contribution in [3.05, 3.63) is 83.9 Å². The number of rotatable bonds is 8. The van der Waals surface area contributed by atoms with Crippen LogP contribution in [0.1, 0.15) is 24.0 Å². The normalized spacial score (nSPS) is 13.3. The number of amides is 3. The Bertz CT molecular complexity index is 1160.